The lowest BCUT2D eigenvalue weighted by Gasteiger charge is -2.39. The number of nitrogens with zero attached hydrogens (tertiary/aromatic N) is 2. The van der Waals surface area contributed by atoms with Gasteiger partial charge >= 0.3 is 0 Å². The highest BCUT2D eigenvalue weighted by Gasteiger charge is 2.50. The van der Waals surface area contributed by atoms with E-state index in [1.165, 1.54) is 6.07 Å². The van der Waals surface area contributed by atoms with Gasteiger partial charge in [0.15, 0.2) is 0 Å². The fraction of sp³-hybridized carbons (Fsp3) is 0.619. The van der Waals surface area contributed by atoms with Crippen molar-refractivity contribution in [2.45, 2.75) is 45.1 Å². The maximum absolute atomic E-state index is 14.2. The number of carbonyl (C=O) groups is 2. The van der Waals surface area contributed by atoms with Gasteiger partial charge in [-0.15, -0.1) is 0 Å². The quantitative estimate of drug-likeness (QED) is 0.814. The number of piperidine rings is 1. The third kappa shape index (κ3) is 3.30. The molecule has 146 valence electrons. The number of halogens is 1. The predicted molar refractivity (Wildman–Crippen MR) is 98.6 cm³/mol. The summed E-state index contributed by atoms with van der Waals surface area (Å²) in [4.78, 5) is 29.5. The first-order valence-electron chi connectivity index (χ1n) is 9.93. The molecule has 2 aliphatic heterocycles. The fourth-order valence-electron chi connectivity index (χ4n) is 4.66. The first kappa shape index (κ1) is 18.3. The van der Waals surface area contributed by atoms with Crippen LogP contribution in [0.15, 0.2) is 18.2 Å². The van der Waals surface area contributed by atoms with Crippen molar-refractivity contribution >= 4 is 11.8 Å². The van der Waals surface area contributed by atoms with Gasteiger partial charge in [-0.2, -0.15) is 0 Å². The van der Waals surface area contributed by atoms with Gasteiger partial charge in [-0.25, -0.2) is 4.39 Å². The van der Waals surface area contributed by atoms with Gasteiger partial charge in [0.1, 0.15) is 11.6 Å². The number of methoxy groups -OCH3 is 1. The third-order valence-electron chi connectivity index (χ3n) is 6.56. The van der Waals surface area contributed by atoms with Gasteiger partial charge in [0, 0.05) is 37.7 Å². The number of ether oxygens (including phenoxy) is 1. The summed E-state index contributed by atoms with van der Waals surface area (Å²) in [7, 11) is 1.55. The smallest absolute Gasteiger partial charge is 0.230 e. The van der Waals surface area contributed by atoms with Gasteiger partial charge in [0.2, 0.25) is 11.8 Å². The molecule has 0 radical (unpaired) electrons. The molecule has 5 nitrogen and oxygen atoms in total. The minimum atomic E-state index is -0.479. The first-order valence-corrected chi connectivity index (χ1v) is 9.93. The minimum Gasteiger partial charge on any atom is -0.497 e. The number of carbonyl (C=O) groups excluding carboxylic acids is 2. The molecular weight excluding hydrogens is 347 g/mol. The molecule has 2 amide bonds. The van der Waals surface area contributed by atoms with E-state index in [1.807, 2.05) is 4.90 Å². The Morgan fingerprint density at radius 3 is 2.78 bits per heavy atom. The van der Waals surface area contributed by atoms with Crippen molar-refractivity contribution in [1.29, 1.82) is 0 Å². The lowest BCUT2D eigenvalue weighted by atomic mass is 9.78. The normalized spacial score (nSPS) is 25.8. The Hall–Kier alpha value is -2.11. The van der Waals surface area contributed by atoms with Gasteiger partial charge in [-0.1, -0.05) is 6.42 Å². The predicted octanol–water partition coefficient (Wildman–Crippen LogP) is 2.98. The molecule has 1 spiro atoms. The standard InChI is InChI=1S/C21H27FN2O3/c1-27-17-6-7-18(22)16(12-17)13-23-10-3-8-21(20(23)26)9-11-24(14-21)19(25)15-4-2-5-15/h6-7,12,15H,2-5,8-11,13-14H2,1H3/t21-/m1/s1. The van der Waals surface area contributed by atoms with Crippen molar-refractivity contribution in [2.24, 2.45) is 11.3 Å². The van der Waals surface area contributed by atoms with Crippen molar-refractivity contribution < 1.29 is 18.7 Å². The van der Waals surface area contributed by atoms with Crippen LogP contribution in [0.2, 0.25) is 0 Å². The van der Waals surface area contributed by atoms with Crippen LogP contribution < -0.4 is 4.74 Å². The summed E-state index contributed by atoms with van der Waals surface area (Å²) >= 11 is 0. The molecule has 1 aromatic carbocycles. The summed E-state index contributed by atoms with van der Waals surface area (Å²) < 4.78 is 19.4. The van der Waals surface area contributed by atoms with E-state index in [-0.39, 0.29) is 30.1 Å². The van der Waals surface area contributed by atoms with E-state index in [4.69, 9.17) is 4.74 Å². The maximum atomic E-state index is 14.2. The van der Waals surface area contributed by atoms with E-state index >= 15 is 0 Å². The van der Waals surface area contributed by atoms with Gasteiger partial charge in [0.25, 0.3) is 0 Å². The van der Waals surface area contributed by atoms with E-state index in [0.29, 0.717) is 30.9 Å². The lowest BCUT2D eigenvalue weighted by molar-refractivity contribution is -0.147. The van der Waals surface area contributed by atoms with Crippen LogP contribution in [0, 0.1) is 17.2 Å². The molecule has 3 fully saturated rings. The van der Waals surface area contributed by atoms with Crippen molar-refractivity contribution in [3.05, 3.63) is 29.6 Å². The Kier molecular flexibility index (Phi) is 4.82. The number of hydrogen-bond acceptors (Lipinski definition) is 3. The zero-order valence-corrected chi connectivity index (χ0v) is 15.9. The summed E-state index contributed by atoms with van der Waals surface area (Å²) in [5, 5.41) is 0. The summed E-state index contributed by atoms with van der Waals surface area (Å²) in [5.41, 5.74) is -0.00681. The molecule has 1 aliphatic carbocycles. The highest BCUT2D eigenvalue weighted by Crippen LogP contribution is 2.42. The fourth-order valence-corrected chi connectivity index (χ4v) is 4.66. The average Bonchev–Trinajstić information content (AvgIpc) is 3.04. The van der Waals surface area contributed by atoms with Gasteiger partial charge in [-0.05, 0) is 50.3 Å². The number of rotatable bonds is 4. The van der Waals surface area contributed by atoms with Crippen LogP contribution in [0.1, 0.15) is 44.1 Å². The number of hydrogen-bond donors (Lipinski definition) is 0. The van der Waals surface area contributed by atoms with Crippen LogP contribution in [-0.4, -0.2) is 48.4 Å². The molecule has 27 heavy (non-hydrogen) atoms. The molecule has 1 aromatic rings. The van der Waals surface area contributed by atoms with Crippen molar-refractivity contribution in [1.82, 2.24) is 9.80 Å². The van der Waals surface area contributed by atoms with Gasteiger partial charge < -0.3 is 14.5 Å². The SMILES string of the molecule is COc1ccc(F)c(CN2CCC[C@]3(CCN(C(=O)C4CCC4)C3)C2=O)c1. The lowest BCUT2D eigenvalue weighted by Crippen LogP contribution is -2.50. The second-order valence-corrected chi connectivity index (χ2v) is 8.21. The third-order valence-corrected chi connectivity index (χ3v) is 6.56. The summed E-state index contributed by atoms with van der Waals surface area (Å²) in [6.45, 7) is 2.08. The van der Waals surface area contributed by atoms with Crippen LogP contribution in [0.25, 0.3) is 0 Å². The van der Waals surface area contributed by atoms with Crippen molar-refractivity contribution in [3.8, 4) is 5.75 Å². The minimum absolute atomic E-state index is 0.0693. The molecule has 4 rings (SSSR count). The highest BCUT2D eigenvalue weighted by atomic mass is 19.1. The largest absolute Gasteiger partial charge is 0.497 e. The molecule has 3 aliphatic rings. The molecule has 2 saturated heterocycles. The molecular formula is C21H27FN2O3. The average molecular weight is 374 g/mol. The topological polar surface area (TPSA) is 49.9 Å². The Morgan fingerprint density at radius 2 is 2.07 bits per heavy atom. The van der Waals surface area contributed by atoms with Crippen LogP contribution in [0.5, 0.6) is 5.75 Å². The number of amides is 2. The Bertz CT molecular complexity index is 749. The summed E-state index contributed by atoms with van der Waals surface area (Å²) in [5.74, 6) is 0.725. The van der Waals surface area contributed by atoms with E-state index in [0.717, 1.165) is 38.5 Å². The van der Waals surface area contributed by atoms with Crippen molar-refractivity contribution in [3.63, 3.8) is 0 Å². The van der Waals surface area contributed by atoms with E-state index < -0.39 is 5.41 Å². The first-order chi connectivity index (χ1) is 13.0. The van der Waals surface area contributed by atoms with Crippen LogP contribution in [0.3, 0.4) is 0 Å². The molecule has 1 atom stereocenters. The molecule has 0 aromatic heterocycles. The van der Waals surface area contributed by atoms with Gasteiger partial charge in [0.05, 0.1) is 12.5 Å². The molecule has 6 heteroatoms. The zero-order chi connectivity index (χ0) is 19.0. The molecule has 0 unspecified atom stereocenters. The Balaban J connectivity index is 1.47. The molecule has 0 N–H and O–H groups in total. The highest BCUT2D eigenvalue weighted by molar-refractivity contribution is 5.86. The number of benzene rings is 1. The second-order valence-electron chi connectivity index (χ2n) is 8.21. The maximum Gasteiger partial charge on any atom is 0.230 e. The summed E-state index contributed by atoms with van der Waals surface area (Å²) in [6, 6.07) is 4.62. The van der Waals surface area contributed by atoms with Crippen LogP contribution in [-0.2, 0) is 16.1 Å². The van der Waals surface area contributed by atoms with Gasteiger partial charge in [-0.3, -0.25) is 9.59 Å². The van der Waals surface area contributed by atoms with Crippen LogP contribution >= 0.6 is 0 Å². The van der Waals surface area contributed by atoms with E-state index in [2.05, 4.69) is 0 Å². The Morgan fingerprint density at radius 1 is 1.26 bits per heavy atom. The second kappa shape index (κ2) is 7.13. The van der Waals surface area contributed by atoms with Crippen molar-refractivity contribution in [2.75, 3.05) is 26.7 Å². The zero-order valence-electron chi connectivity index (χ0n) is 15.9. The monoisotopic (exact) mass is 374 g/mol. The van der Waals surface area contributed by atoms with E-state index in [1.54, 1.807) is 24.1 Å². The molecule has 2 heterocycles. The Labute approximate surface area is 159 Å². The number of likely N-dealkylation sites (tertiary alicyclic amines) is 2. The molecule has 0 bridgehead atoms. The molecule has 1 saturated carbocycles. The summed E-state index contributed by atoms with van der Waals surface area (Å²) in [6.07, 6.45) is 5.53. The van der Waals surface area contributed by atoms with Crippen LogP contribution in [0.4, 0.5) is 4.39 Å². The van der Waals surface area contributed by atoms with E-state index in [9.17, 15) is 14.0 Å².